The van der Waals surface area contributed by atoms with Crippen LogP contribution in [0.15, 0.2) is 59.5 Å². The molecule has 0 saturated carbocycles. The van der Waals surface area contributed by atoms with Crippen molar-refractivity contribution in [1.29, 1.82) is 0 Å². The van der Waals surface area contributed by atoms with Gasteiger partial charge in [0.2, 0.25) is 15.9 Å². The Balaban J connectivity index is 1.47. The van der Waals surface area contributed by atoms with Gasteiger partial charge in [-0.2, -0.15) is 4.31 Å². The number of rotatable bonds is 14. The summed E-state index contributed by atoms with van der Waals surface area (Å²) in [4.78, 5) is 37.7. The van der Waals surface area contributed by atoms with Gasteiger partial charge in [-0.15, -0.1) is 0 Å². The van der Waals surface area contributed by atoms with Crippen molar-refractivity contribution in [3.05, 3.63) is 60.2 Å². The van der Waals surface area contributed by atoms with Gasteiger partial charge in [-0.3, -0.25) is 4.79 Å². The predicted molar refractivity (Wildman–Crippen MR) is 194 cm³/mol. The minimum atomic E-state index is -4.15. The number of sulfonamides is 1. The summed E-state index contributed by atoms with van der Waals surface area (Å²) in [6.07, 6.45) is -2.01. The van der Waals surface area contributed by atoms with Crippen LogP contribution in [-0.4, -0.2) is 97.9 Å². The summed E-state index contributed by atoms with van der Waals surface area (Å²) in [5.74, 6) is -1.54. The molecule has 2 heterocycles. The van der Waals surface area contributed by atoms with Crippen LogP contribution >= 0.6 is 0 Å². The minimum absolute atomic E-state index is 0.0542. The van der Waals surface area contributed by atoms with Crippen LogP contribution in [0.3, 0.4) is 0 Å². The number of benzene rings is 2. The maximum Gasteiger partial charge on any atom is 0.408 e. The topological polar surface area (TPSA) is 182 Å². The maximum atomic E-state index is 14.0. The van der Waals surface area contributed by atoms with Gasteiger partial charge in [-0.1, -0.05) is 51.1 Å². The standard InChI is InChI=1S/C37H54N4O10S/c1-25(2)22-41(52(46,47)28-16-14-27(15-17-28)39-31(43)21-38-32(44)50-34(3,4)5)23-30(42)29(20-26-12-10-9-11-13-26)40-33(45)51-36(7)24-49-37(8)35(36,6)18-19-48-37/h9-17,25,29-30,42H,18-24H2,1-8H3,(H,38,44)(H,39,43)(H,40,45)/t29-,30+,35-,36-,37+/m0/s1. The number of carbonyl (C=O) groups excluding carboxylic acids is 3. The number of aliphatic hydroxyl groups excluding tert-OH is 1. The zero-order chi connectivity index (χ0) is 38.5. The van der Waals surface area contributed by atoms with Gasteiger partial charge in [-0.25, -0.2) is 18.0 Å². The van der Waals surface area contributed by atoms with Gasteiger partial charge < -0.3 is 40.0 Å². The third-order valence-corrected chi connectivity index (χ3v) is 11.5. The predicted octanol–water partition coefficient (Wildman–Crippen LogP) is 4.43. The summed E-state index contributed by atoms with van der Waals surface area (Å²) in [7, 11) is -4.15. The molecule has 5 atom stereocenters. The second-order valence-electron chi connectivity index (χ2n) is 15.4. The molecule has 2 fully saturated rings. The molecule has 15 heteroatoms. The van der Waals surface area contributed by atoms with E-state index in [4.69, 9.17) is 18.9 Å². The molecule has 2 aliphatic rings. The molecular formula is C37H54N4O10S. The van der Waals surface area contributed by atoms with Crippen LogP contribution in [0.25, 0.3) is 0 Å². The van der Waals surface area contributed by atoms with Crippen molar-refractivity contribution in [2.75, 3.05) is 38.2 Å². The number of amides is 3. The fourth-order valence-corrected chi connectivity index (χ4v) is 8.06. The van der Waals surface area contributed by atoms with Gasteiger partial charge in [0.05, 0.1) is 35.7 Å². The van der Waals surface area contributed by atoms with Gasteiger partial charge in [0.15, 0.2) is 5.79 Å². The summed E-state index contributed by atoms with van der Waals surface area (Å²) in [6.45, 7) is 14.5. The number of alkyl carbamates (subject to hydrolysis) is 2. The van der Waals surface area contributed by atoms with Gasteiger partial charge >= 0.3 is 12.2 Å². The molecule has 2 saturated heterocycles. The summed E-state index contributed by atoms with van der Waals surface area (Å²) >= 11 is 0. The van der Waals surface area contributed by atoms with Crippen molar-refractivity contribution < 1.29 is 46.9 Å². The smallest absolute Gasteiger partial charge is 0.408 e. The van der Waals surface area contributed by atoms with Gasteiger partial charge in [0.1, 0.15) is 17.7 Å². The molecule has 288 valence electrons. The lowest BCUT2D eigenvalue weighted by atomic mass is 9.70. The number of nitrogens with one attached hydrogen (secondary N) is 3. The molecule has 0 radical (unpaired) electrons. The van der Waals surface area contributed by atoms with E-state index in [2.05, 4.69) is 16.0 Å². The van der Waals surface area contributed by atoms with Crippen LogP contribution in [0.2, 0.25) is 0 Å². The van der Waals surface area contributed by atoms with E-state index in [0.717, 1.165) is 5.56 Å². The van der Waals surface area contributed by atoms with E-state index in [1.165, 1.54) is 28.6 Å². The molecule has 2 aliphatic heterocycles. The molecule has 0 unspecified atom stereocenters. The molecule has 0 bridgehead atoms. The molecule has 4 rings (SSSR count). The Hall–Kier alpha value is -3.76. The lowest BCUT2D eigenvalue weighted by Crippen LogP contribution is -2.55. The number of aliphatic hydroxyl groups is 1. The summed E-state index contributed by atoms with van der Waals surface area (Å²) < 4.78 is 52.2. The Morgan fingerprint density at radius 1 is 0.962 bits per heavy atom. The molecule has 2 aromatic carbocycles. The molecule has 2 aromatic rings. The highest BCUT2D eigenvalue weighted by molar-refractivity contribution is 7.89. The van der Waals surface area contributed by atoms with Crippen molar-refractivity contribution in [1.82, 2.24) is 14.9 Å². The van der Waals surface area contributed by atoms with Gasteiger partial charge in [-0.05, 0) is 83.2 Å². The van der Waals surface area contributed by atoms with E-state index in [-0.39, 0.29) is 43.5 Å². The quantitative estimate of drug-likeness (QED) is 0.216. The second-order valence-corrected chi connectivity index (χ2v) is 17.4. The van der Waals surface area contributed by atoms with Crippen LogP contribution < -0.4 is 16.0 Å². The first-order valence-corrected chi connectivity index (χ1v) is 19.0. The van der Waals surface area contributed by atoms with Crippen LogP contribution in [0.5, 0.6) is 0 Å². The Bertz CT molecular complexity index is 1670. The number of carbonyl (C=O) groups is 3. The van der Waals surface area contributed by atoms with Crippen molar-refractivity contribution in [2.45, 2.75) is 102 Å². The number of hydrogen-bond donors (Lipinski definition) is 4. The second kappa shape index (κ2) is 16.1. The van der Waals surface area contributed by atoms with E-state index in [0.29, 0.717) is 18.7 Å². The van der Waals surface area contributed by atoms with Gasteiger partial charge in [0.25, 0.3) is 0 Å². The van der Waals surface area contributed by atoms with E-state index >= 15 is 0 Å². The summed E-state index contributed by atoms with van der Waals surface area (Å²) in [5.41, 5.74) is -1.21. The number of nitrogens with zero attached hydrogens (tertiary/aromatic N) is 1. The van der Waals surface area contributed by atoms with Crippen LogP contribution in [-0.2, 0) is 40.2 Å². The van der Waals surface area contributed by atoms with Crippen LogP contribution in [0, 0.1) is 11.3 Å². The highest BCUT2D eigenvalue weighted by atomic mass is 32.2. The SMILES string of the molecule is CC(C)CN(C[C@@H](O)[C@H](Cc1ccccc1)NC(=O)O[C@@]1(C)CO[C@@]2(C)OCC[C@]21C)S(=O)(=O)c1ccc(NC(=O)CNC(=O)OC(C)(C)C)cc1. The zero-order valence-electron chi connectivity index (χ0n) is 31.4. The van der Waals surface area contributed by atoms with Crippen molar-refractivity contribution in [2.24, 2.45) is 11.3 Å². The van der Waals surface area contributed by atoms with Crippen molar-refractivity contribution in [3.8, 4) is 0 Å². The average Bonchev–Trinajstić information content (AvgIpc) is 3.46. The molecule has 4 N–H and O–H groups in total. The zero-order valence-corrected chi connectivity index (χ0v) is 32.2. The van der Waals surface area contributed by atoms with E-state index in [9.17, 15) is 27.9 Å². The normalized spacial score (nSPS) is 24.2. The molecule has 0 spiro atoms. The molecule has 0 aliphatic carbocycles. The Morgan fingerprint density at radius 2 is 1.62 bits per heavy atom. The maximum absolute atomic E-state index is 14.0. The number of anilines is 1. The molecular weight excluding hydrogens is 692 g/mol. The Labute approximate surface area is 307 Å². The molecule has 3 amide bonds. The number of fused-ring (bicyclic) bond motifs is 1. The largest absolute Gasteiger partial charge is 0.444 e. The molecule has 0 aromatic heterocycles. The van der Waals surface area contributed by atoms with Gasteiger partial charge in [0, 0.05) is 18.8 Å². The lowest BCUT2D eigenvalue weighted by Gasteiger charge is -2.40. The first-order valence-electron chi connectivity index (χ1n) is 17.5. The third-order valence-electron chi connectivity index (χ3n) is 9.68. The summed E-state index contributed by atoms with van der Waals surface area (Å²) in [6, 6.07) is 13.9. The highest BCUT2D eigenvalue weighted by Crippen LogP contribution is 2.57. The monoisotopic (exact) mass is 746 g/mol. The van der Waals surface area contributed by atoms with E-state index < -0.39 is 62.7 Å². The van der Waals surface area contributed by atoms with Crippen molar-refractivity contribution in [3.63, 3.8) is 0 Å². The minimum Gasteiger partial charge on any atom is -0.444 e. The van der Waals surface area contributed by atoms with E-state index in [1.807, 2.05) is 65.0 Å². The highest BCUT2D eigenvalue weighted by Gasteiger charge is 2.68. The average molecular weight is 747 g/mol. The fraction of sp³-hybridized carbons (Fsp3) is 0.595. The first-order chi connectivity index (χ1) is 24.2. The molecule has 14 nitrogen and oxygen atoms in total. The van der Waals surface area contributed by atoms with E-state index in [1.54, 1.807) is 20.8 Å². The number of ether oxygens (including phenoxy) is 4. The Morgan fingerprint density at radius 3 is 2.23 bits per heavy atom. The molecule has 52 heavy (non-hydrogen) atoms. The number of hydrogen-bond acceptors (Lipinski definition) is 10. The van der Waals surface area contributed by atoms with Crippen LogP contribution in [0.1, 0.15) is 67.4 Å². The Kier molecular flexibility index (Phi) is 12.7. The third kappa shape index (κ3) is 9.81. The first kappa shape index (κ1) is 41.0. The van der Waals surface area contributed by atoms with Crippen molar-refractivity contribution >= 4 is 33.8 Å². The van der Waals surface area contributed by atoms with Crippen LogP contribution in [0.4, 0.5) is 15.3 Å². The summed E-state index contributed by atoms with van der Waals surface area (Å²) in [5, 5.41) is 19.5. The fourth-order valence-electron chi connectivity index (χ4n) is 6.44. The lowest BCUT2D eigenvalue weighted by molar-refractivity contribution is -0.203.